The normalized spacial score (nSPS) is 14.5. The summed E-state index contributed by atoms with van der Waals surface area (Å²) in [7, 11) is 0. The van der Waals surface area contributed by atoms with E-state index in [-0.39, 0.29) is 0 Å². The van der Waals surface area contributed by atoms with Crippen LogP contribution in [0.25, 0.3) is 6.08 Å². The molecule has 1 fully saturated rings. The van der Waals surface area contributed by atoms with Crippen LogP contribution in [0.15, 0.2) is 90.5 Å². The lowest BCUT2D eigenvalue weighted by Gasteiger charge is -2.32. The molecule has 0 saturated carbocycles. The minimum Gasteiger partial charge on any atom is -0.311 e. The van der Waals surface area contributed by atoms with Gasteiger partial charge in [0, 0.05) is 45.2 Å². The Kier molecular flexibility index (Phi) is 10.3. The fraction of sp³-hybridized carbons (Fsp3) is 0.394. The molecule has 0 radical (unpaired) electrons. The van der Waals surface area contributed by atoms with Crippen molar-refractivity contribution in [2.75, 3.05) is 45.8 Å². The van der Waals surface area contributed by atoms with Crippen molar-refractivity contribution >= 4 is 6.08 Å². The van der Waals surface area contributed by atoms with Crippen LogP contribution in [0, 0.1) is 0 Å². The largest absolute Gasteiger partial charge is 0.311 e. The van der Waals surface area contributed by atoms with Gasteiger partial charge in [0.05, 0.1) is 0 Å². The van der Waals surface area contributed by atoms with E-state index in [1.807, 2.05) is 0 Å². The first-order valence-electron chi connectivity index (χ1n) is 13.8. The van der Waals surface area contributed by atoms with E-state index in [9.17, 15) is 0 Å². The molecule has 0 amide bonds. The quantitative estimate of drug-likeness (QED) is 0.301. The highest BCUT2D eigenvalue weighted by molar-refractivity contribution is 5.57. The van der Waals surface area contributed by atoms with Gasteiger partial charge in [-0.15, -0.1) is 0 Å². The molecular weight excluding hydrogens is 438 g/mol. The Morgan fingerprint density at radius 2 is 1.39 bits per heavy atom. The molecule has 1 N–H and O–H groups in total. The summed E-state index contributed by atoms with van der Waals surface area (Å²) >= 11 is 0. The van der Waals surface area contributed by atoms with E-state index in [4.69, 9.17) is 0 Å². The summed E-state index contributed by atoms with van der Waals surface area (Å²) < 4.78 is 0. The molecule has 1 aliphatic heterocycles. The van der Waals surface area contributed by atoms with Crippen LogP contribution in [-0.2, 0) is 6.54 Å². The van der Waals surface area contributed by atoms with Gasteiger partial charge in [0.2, 0.25) is 0 Å². The van der Waals surface area contributed by atoms with Crippen LogP contribution < -0.4 is 5.32 Å². The van der Waals surface area contributed by atoms with Crippen molar-refractivity contribution in [2.24, 2.45) is 0 Å². The topological polar surface area (TPSA) is 18.5 Å². The number of rotatable bonds is 12. The van der Waals surface area contributed by atoms with Crippen molar-refractivity contribution < 1.29 is 0 Å². The fourth-order valence-corrected chi connectivity index (χ4v) is 5.26. The van der Waals surface area contributed by atoms with Crippen LogP contribution in [0.1, 0.15) is 54.9 Å². The van der Waals surface area contributed by atoms with E-state index in [1.54, 1.807) is 5.57 Å². The molecule has 3 aromatic carbocycles. The van der Waals surface area contributed by atoms with Gasteiger partial charge in [-0.25, -0.2) is 0 Å². The van der Waals surface area contributed by atoms with Gasteiger partial charge in [0.1, 0.15) is 0 Å². The third kappa shape index (κ3) is 7.64. The average Bonchev–Trinajstić information content (AvgIpc) is 2.94. The molecule has 0 bridgehead atoms. The first-order valence-corrected chi connectivity index (χ1v) is 13.8. The number of likely N-dealkylation sites (tertiary alicyclic amines) is 1. The number of nitrogens with one attached hydrogen (secondary N) is 1. The molecule has 0 spiro atoms. The van der Waals surface area contributed by atoms with Crippen molar-refractivity contribution in [1.29, 1.82) is 0 Å². The maximum absolute atomic E-state index is 3.66. The van der Waals surface area contributed by atoms with Crippen LogP contribution in [-0.4, -0.2) is 55.6 Å². The summed E-state index contributed by atoms with van der Waals surface area (Å²) in [4.78, 5) is 5.12. The third-order valence-corrected chi connectivity index (χ3v) is 7.57. The summed E-state index contributed by atoms with van der Waals surface area (Å²) in [5.74, 6) is 0.418. The van der Waals surface area contributed by atoms with Gasteiger partial charge in [-0.3, -0.25) is 0 Å². The maximum Gasteiger partial charge on any atom is 0.0217 e. The minimum atomic E-state index is 0.418. The molecule has 36 heavy (non-hydrogen) atoms. The second-order valence-electron chi connectivity index (χ2n) is 9.88. The molecule has 1 aliphatic rings. The van der Waals surface area contributed by atoms with Gasteiger partial charge < -0.3 is 15.1 Å². The number of piperidine rings is 1. The highest BCUT2D eigenvalue weighted by Crippen LogP contribution is 2.28. The lowest BCUT2D eigenvalue weighted by molar-refractivity contribution is 0.249. The van der Waals surface area contributed by atoms with Gasteiger partial charge >= 0.3 is 0 Å². The lowest BCUT2D eigenvalue weighted by atomic mass is 9.90. The van der Waals surface area contributed by atoms with Gasteiger partial charge in [-0.1, -0.05) is 110 Å². The van der Waals surface area contributed by atoms with Crippen molar-refractivity contribution in [2.45, 2.75) is 39.2 Å². The van der Waals surface area contributed by atoms with E-state index >= 15 is 0 Å². The van der Waals surface area contributed by atoms with Crippen molar-refractivity contribution in [1.82, 2.24) is 15.1 Å². The number of hydrogen-bond donors (Lipinski definition) is 1. The number of benzene rings is 3. The minimum absolute atomic E-state index is 0.418. The zero-order chi connectivity index (χ0) is 25.0. The van der Waals surface area contributed by atoms with Crippen LogP contribution in [0.4, 0.5) is 0 Å². The molecule has 0 unspecified atom stereocenters. The molecule has 3 nitrogen and oxygen atoms in total. The molecule has 190 valence electrons. The Morgan fingerprint density at radius 3 is 2.00 bits per heavy atom. The van der Waals surface area contributed by atoms with E-state index in [0.29, 0.717) is 5.92 Å². The van der Waals surface area contributed by atoms with Crippen LogP contribution in [0.3, 0.4) is 0 Å². The Bertz CT molecular complexity index is 1010. The van der Waals surface area contributed by atoms with E-state index in [1.165, 1.54) is 22.3 Å². The van der Waals surface area contributed by atoms with Crippen molar-refractivity contribution in [3.05, 3.63) is 113 Å². The Balaban J connectivity index is 1.35. The number of likely N-dealkylation sites (N-methyl/N-ethyl adjacent to an activating group) is 1. The molecular formula is C33H43N3. The monoisotopic (exact) mass is 481 g/mol. The van der Waals surface area contributed by atoms with E-state index < -0.39 is 0 Å². The van der Waals surface area contributed by atoms with Crippen LogP contribution in [0.2, 0.25) is 0 Å². The summed E-state index contributed by atoms with van der Waals surface area (Å²) in [6.07, 6.45) is 4.77. The second kappa shape index (κ2) is 14.1. The zero-order valence-electron chi connectivity index (χ0n) is 22.2. The first-order chi connectivity index (χ1) is 17.8. The van der Waals surface area contributed by atoms with Crippen LogP contribution >= 0.6 is 0 Å². The standard InChI is InChI=1S/C33H43N3/c1-3-35(4-2)24-21-34-26-32-18-12-11-17-31(32)25-28-19-22-36(23-20-28)27-33(29-13-7-5-8-14-29)30-15-9-6-10-16-30/h5-18,25,33-34H,3-4,19-24,26-27H2,1-2H3. The summed E-state index contributed by atoms with van der Waals surface area (Å²) in [6, 6.07) is 30.9. The second-order valence-corrected chi connectivity index (χ2v) is 9.88. The molecule has 4 rings (SSSR count). The SMILES string of the molecule is CCN(CC)CCNCc1ccccc1C=C1CCN(CC(c2ccccc2)c2ccccc2)CC1. The van der Waals surface area contributed by atoms with Gasteiger partial charge in [-0.2, -0.15) is 0 Å². The molecule has 3 aromatic rings. The lowest BCUT2D eigenvalue weighted by Crippen LogP contribution is -2.34. The van der Waals surface area contributed by atoms with Gasteiger partial charge in [-0.05, 0) is 48.2 Å². The zero-order valence-corrected chi connectivity index (χ0v) is 22.2. The Morgan fingerprint density at radius 1 is 0.806 bits per heavy atom. The Labute approximate surface area is 218 Å². The highest BCUT2D eigenvalue weighted by Gasteiger charge is 2.21. The van der Waals surface area contributed by atoms with E-state index in [0.717, 1.165) is 65.2 Å². The van der Waals surface area contributed by atoms with E-state index in [2.05, 4.69) is 120 Å². The molecule has 1 saturated heterocycles. The van der Waals surface area contributed by atoms with Crippen molar-refractivity contribution in [3.63, 3.8) is 0 Å². The molecule has 0 aromatic heterocycles. The van der Waals surface area contributed by atoms with Gasteiger partial charge in [0.25, 0.3) is 0 Å². The maximum atomic E-state index is 3.66. The smallest absolute Gasteiger partial charge is 0.0217 e. The number of nitrogens with zero attached hydrogens (tertiary/aromatic N) is 2. The van der Waals surface area contributed by atoms with Crippen LogP contribution in [0.5, 0.6) is 0 Å². The third-order valence-electron chi connectivity index (χ3n) is 7.57. The van der Waals surface area contributed by atoms with Gasteiger partial charge in [0.15, 0.2) is 0 Å². The predicted octanol–water partition coefficient (Wildman–Crippen LogP) is 6.43. The average molecular weight is 482 g/mol. The predicted molar refractivity (Wildman–Crippen MR) is 154 cm³/mol. The molecule has 0 atom stereocenters. The summed E-state index contributed by atoms with van der Waals surface area (Å²) in [5, 5.41) is 3.66. The summed E-state index contributed by atoms with van der Waals surface area (Å²) in [6.45, 7) is 13.1. The number of hydrogen-bond acceptors (Lipinski definition) is 3. The summed E-state index contributed by atoms with van der Waals surface area (Å²) in [5.41, 5.74) is 7.18. The highest BCUT2D eigenvalue weighted by atomic mass is 15.1. The fourth-order valence-electron chi connectivity index (χ4n) is 5.26. The van der Waals surface area contributed by atoms with Crippen molar-refractivity contribution in [3.8, 4) is 0 Å². The molecule has 3 heteroatoms. The molecule has 1 heterocycles. The Hall–Kier alpha value is -2.72. The molecule has 0 aliphatic carbocycles. The first kappa shape index (κ1) is 26.3.